The van der Waals surface area contributed by atoms with E-state index in [4.69, 9.17) is 4.74 Å². The number of carbonyl (C=O) groups excluding carboxylic acids is 2. The molecule has 3 rings (SSSR count). The van der Waals surface area contributed by atoms with Gasteiger partial charge in [-0.25, -0.2) is 0 Å². The molecule has 2 aromatic rings. The van der Waals surface area contributed by atoms with E-state index in [0.717, 1.165) is 41.2 Å². The minimum Gasteiger partial charge on any atom is -0.494 e. The quantitative estimate of drug-likeness (QED) is 0.695. The van der Waals surface area contributed by atoms with E-state index in [2.05, 4.69) is 12.2 Å². The van der Waals surface area contributed by atoms with Crippen molar-refractivity contribution in [1.29, 1.82) is 0 Å². The summed E-state index contributed by atoms with van der Waals surface area (Å²) in [5.41, 5.74) is 3.79. The molecule has 0 radical (unpaired) electrons. The van der Waals surface area contributed by atoms with Crippen molar-refractivity contribution in [1.82, 2.24) is 5.32 Å². The molecule has 1 atom stereocenters. The Bertz CT molecular complexity index is 845. The molecule has 0 spiro atoms. The van der Waals surface area contributed by atoms with Crippen LogP contribution in [0.15, 0.2) is 42.5 Å². The summed E-state index contributed by atoms with van der Waals surface area (Å²) in [6.07, 6.45) is 3.40. The summed E-state index contributed by atoms with van der Waals surface area (Å²) in [7, 11) is 0. The fourth-order valence-corrected chi connectivity index (χ4v) is 3.48. The van der Waals surface area contributed by atoms with E-state index in [1.807, 2.05) is 49.4 Å². The van der Waals surface area contributed by atoms with Crippen LogP contribution in [0.25, 0.3) is 0 Å². The topological polar surface area (TPSA) is 58.6 Å². The molecule has 148 valence electrons. The largest absolute Gasteiger partial charge is 0.494 e. The Morgan fingerprint density at radius 2 is 1.89 bits per heavy atom. The smallest absolute Gasteiger partial charge is 0.254 e. The molecular formula is C23H28N2O3. The number of unbranched alkanes of at least 4 members (excludes halogenated alkanes) is 2. The first-order chi connectivity index (χ1) is 13.5. The summed E-state index contributed by atoms with van der Waals surface area (Å²) in [6.45, 7) is 6.77. The van der Waals surface area contributed by atoms with Crippen LogP contribution in [0.4, 0.5) is 5.69 Å². The monoisotopic (exact) mass is 380 g/mol. The van der Waals surface area contributed by atoms with Gasteiger partial charge in [-0.05, 0) is 37.1 Å². The predicted molar refractivity (Wildman–Crippen MR) is 110 cm³/mol. The van der Waals surface area contributed by atoms with E-state index in [1.165, 1.54) is 19.8 Å². The fraction of sp³-hybridized carbons (Fsp3) is 0.391. The van der Waals surface area contributed by atoms with Crippen molar-refractivity contribution in [2.45, 2.75) is 52.6 Å². The zero-order valence-electron chi connectivity index (χ0n) is 16.8. The van der Waals surface area contributed by atoms with Gasteiger partial charge in [-0.2, -0.15) is 0 Å². The van der Waals surface area contributed by atoms with E-state index in [1.54, 1.807) is 4.90 Å². The number of amides is 2. The van der Waals surface area contributed by atoms with Gasteiger partial charge < -0.3 is 15.0 Å². The van der Waals surface area contributed by atoms with Crippen molar-refractivity contribution in [3.05, 3.63) is 59.2 Å². The molecule has 1 heterocycles. The molecular weight excluding hydrogens is 352 g/mol. The Balaban J connectivity index is 1.73. The lowest BCUT2D eigenvalue weighted by atomic mass is 10.1. The highest BCUT2D eigenvalue weighted by Crippen LogP contribution is 2.37. The van der Waals surface area contributed by atoms with Gasteiger partial charge in [0.15, 0.2) is 0 Å². The molecule has 1 aliphatic heterocycles. The molecule has 0 unspecified atom stereocenters. The van der Waals surface area contributed by atoms with Crippen LogP contribution in [0.2, 0.25) is 0 Å². The van der Waals surface area contributed by atoms with Crippen molar-refractivity contribution in [3.8, 4) is 5.75 Å². The molecule has 1 N–H and O–H groups in total. The van der Waals surface area contributed by atoms with Crippen molar-refractivity contribution in [2.75, 3.05) is 11.5 Å². The minimum absolute atomic E-state index is 0.101. The molecule has 2 amide bonds. The van der Waals surface area contributed by atoms with Gasteiger partial charge in [-0.1, -0.05) is 49.6 Å². The molecule has 5 nitrogen and oxygen atoms in total. The Hall–Kier alpha value is -2.82. The predicted octanol–water partition coefficient (Wildman–Crippen LogP) is 4.29. The van der Waals surface area contributed by atoms with Gasteiger partial charge in [0.25, 0.3) is 5.91 Å². The van der Waals surface area contributed by atoms with Gasteiger partial charge in [0.2, 0.25) is 5.91 Å². The van der Waals surface area contributed by atoms with Gasteiger partial charge in [0, 0.05) is 18.2 Å². The molecule has 28 heavy (non-hydrogen) atoms. The Labute approximate surface area is 166 Å². The molecule has 0 saturated heterocycles. The average Bonchev–Trinajstić information content (AvgIpc) is 2.91. The van der Waals surface area contributed by atoms with Crippen LogP contribution in [-0.4, -0.2) is 18.4 Å². The minimum atomic E-state index is -0.617. The maximum Gasteiger partial charge on any atom is 0.254 e. The zero-order valence-corrected chi connectivity index (χ0v) is 16.8. The van der Waals surface area contributed by atoms with E-state index < -0.39 is 6.04 Å². The number of nitrogens with zero attached hydrogens (tertiary/aromatic N) is 1. The summed E-state index contributed by atoms with van der Waals surface area (Å²) < 4.78 is 5.76. The van der Waals surface area contributed by atoms with Crippen LogP contribution in [0.1, 0.15) is 55.8 Å². The lowest BCUT2D eigenvalue weighted by Gasteiger charge is -2.18. The van der Waals surface area contributed by atoms with Gasteiger partial charge in [-0.15, -0.1) is 0 Å². The van der Waals surface area contributed by atoms with Gasteiger partial charge in [0.05, 0.1) is 13.2 Å². The number of ether oxygens (including phenoxy) is 1. The molecule has 0 saturated carbocycles. The lowest BCUT2D eigenvalue weighted by Crippen LogP contribution is -2.36. The highest BCUT2D eigenvalue weighted by Gasteiger charge is 2.37. The maximum atomic E-state index is 13.0. The second kappa shape index (κ2) is 8.91. The summed E-state index contributed by atoms with van der Waals surface area (Å²) >= 11 is 0. The average molecular weight is 380 g/mol. The summed E-state index contributed by atoms with van der Waals surface area (Å²) in [5, 5.41) is 2.78. The summed E-state index contributed by atoms with van der Waals surface area (Å²) in [6, 6.07) is 13.2. The second-order valence-corrected chi connectivity index (χ2v) is 7.32. The SMILES string of the molecule is CCCCCOc1ccc(CN2C(=O)[C@@H](NC(C)=O)c3cc(C)ccc32)cc1. The number of hydrogen-bond acceptors (Lipinski definition) is 3. The third kappa shape index (κ3) is 4.53. The number of aryl methyl sites for hydroxylation is 1. The van der Waals surface area contributed by atoms with Crippen LogP contribution < -0.4 is 15.0 Å². The number of nitrogens with one attached hydrogen (secondary N) is 1. The molecule has 0 fully saturated rings. The van der Waals surface area contributed by atoms with Crippen molar-refractivity contribution in [2.24, 2.45) is 0 Å². The van der Waals surface area contributed by atoms with E-state index in [9.17, 15) is 9.59 Å². The molecule has 0 aliphatic carbocycles. The van der Waals surface area contributed by atoms with Crippen LogP contribution >= 0.6 is 0 Å². The van der Waals surface area contributed by atoms with E-state index in [0.29, 0.717) is 6.54 Å². The molecule has 1 aliphatic rings. The maximum absolute atomic E-state index is 13.0. The second-order valence-electron chi connectivity index (χ2n) is 7.32. The molecule has 2 aromatic carbocycles. The van der Waals surface area contributed by atoms with Crippen molar-refractivity contribution >= 4 is 17.5 Å². The third-order valence-corrected chi connectivity index (χ3v) is 4.93. The van der Waals surface area contributed by atoms with Gasteiger partial charge in [0.1, 0.15) is 11.8 Å². The number of hydrogen-bond donors (Lipinski definition) is 1. The molecule has 0 aromatic heterocycles. The number of anilines is 1. The van der Waals surface area contributed by atoms with Crippen molar-refractivity contribution in [3.63, 3.8) is 0 Å². The Morgan fingerprint density at radius 1 is 1.14 bits per heavy atom. The summed E-state index contributed by atoms with van der Waals surface area (Å²) in [4.78, 5) is 26.3. The van der Waals surface area contributed by atoms with Crippen LogP contribution in [-0.2, 0) is 16.1 Å². The number of benzene rings is 2. The van der Waals surface area contributed by atoms with Crippen LogP contribution in [0, 0.1) is 6.92 Å². The first-order valence-corrected chi connectivity index (χ1v) is 9.90. The Kier molecular flexibility index (Phi) is 6.34. The Morgan fingerprint density at radius 3 is 2.57 bits per heavy atom. The summed E-state index contributed by atoms with van der Waals surface area (Å²) in [5.74, 6) is 0.535. The number of fused-ring (bicyclic) bond motifs is 1. The first-order valence-electron chi connectivity index (χ1n) is 9.90. The standard InChI is InChI=1S/C23H28N2O3/c1-4-5-6-13-28-19-10-8-18(9-11-19)15-25-21-12-7-16(2)14-20(21)22(23(25)27)24-17(3)26/h7-12,14,22H,4-6,13,15H2,1-3H3,(H,24,26)/t22-/m0/s1. The highest BCUT2D eigenvalue weighted by atomic mass is 16.5. The highest BCUT2D eigenvalue weighted by molar-refractivity contribution is 6.06. The van der Waals surface area contributed by atoms with Crippen LogP contribution in [0.3, 0.4) is 0 Å². The van der Waals surface area contributed by atoms with Gasteiger partial charge in [-0.3, -0.25) is 9.59 Å². The molecule has 5 heteroatoms. The van der Waals surface area contributed by atoms with Crippen molar-refractivity contribution < 1.29 is 14.3 Å². The lowest BCUT2D eigenvalue weighted by molar-refractivity contribution is -0.126. The first kappa shape index (κ1) is 19.9. The number of carbonyl (C=O) groups is 2. The van der Waals surface area contributed by atoms with E-state index >= 15 is 0 Å². The normalized spacial score (nSPS) is 15.5. The molecule has 0 bridgehead atoms. The van der Waals surface area contributed by atoms with E-state index in [-0.39, 0.29) is 11.8 Å². The van der Waals surface area contributed by atoms with Gasteiger partial charge >= 0.3 is 0 Å². The fourth-order valence-electron chi connectivity index (χ4n) is 3.48. The third-order valence-electron chi connectivity index (χ3n) is 4.93. The number of rotatable bonds is 8. The van der Waals surface area contributed by atoms with Crippen LogP contribution in [0.5, 0.6) is 5.75 Å². The zero-order chi connectivity index (χ0) is 20.1.